The van der Waals surface area contributed by atoms with Gasteiger partial charge >= 0.3 is 0 Å². The molecule has 0 amide bonds. The van der Waals surface area contributed by atoms with Crippen molar-refractivity contribution in [3.8, 4) is 0 Å². The smallest absolute Gasteiger partial charge is 0.175 e. The van der Waals surface area contributed by atoms with Crippen molar-refractivity contribution in [2.24, 2.45) is 0 Å². The van der Waals surface area contributed by atoms with Crippen molar-refractivity contribution in [1.29, 1.82) is 0 Å². The summed E-state index contributed by atoms with van der Waals surface area (Å²) >= 11 is 0. The van der Waals surface area contributed by atoms with Crippen LogP contribution in [-0.2, 0) is 6.42 Å². The Morgan fingerprint density at radius 1 is 1.00 bits per heavy atom. The second-order valence-corrected chi connectivity index (χ2v) is 5.82. The Morgan fingerprint density at radius 2 is 1.83 bits per heavy atom. The second kappa shape index (κ2) is 6.35. The molecule has 4 rings (SSSR count). The van der Waals surface area contributed by atoms with E-state index in [1.807, 2.05) is 29.1 Å². The van der Waals surface area contributed by atoms with Crippen LogP contribution >= 0.6 is 0 Å². The molecule has 7 nitrogen and oxygen atoms in total. The lowest BCUT2D eigenvalue weighted by molar-refractivity contribution is 0.847. The van der Waals surface area contributed by atoms with Gasteiger partial charge in [-0.2, -0.15) is 0 Å². The van der Waals surface area contributed by atoms with E-state index in [1.54, 1.807) is 12.4 Å². The summed E-state index contributed by atoms with van der Waals surface area (Å²) in [4.78, 5) is 19.9. The Morgan fingerprint density at radius 3 is 2.67 bits per heavy atom. The summed E-state index contributed by atoms with van der Waals surface area (Å²) in [6, 6.07) is 0. The van der Waals surface area contributed by atoms with Crippen LogP contribution in [0.2, 0.25) is 0 Å². The summed E-state index contributed by atoms with van der Waals surface area (Å²) in [7, 11) is 0. The first kappa shape index (κ1) is 14.7. The van der Waals surface area contributed by atoms with Crippen LogP contribution in [0.3, 0.4) is 0 Å². The van der Waals surface area contributed by atoms with Crippen molar-refractivity contribution >= 4 is 23.6 Å². The molecule has 1 saturated heterocycles. The quantitative estimate of drug-likeness (QED) is 0.734. The minimum absolute atomic E-state index is 0.645. The zero-order chi connectivity index (χ0) is 16.4. The monoisotopic (exact) mass is 321 g/mol. The zero-order valence-electron chi connectivity index (χ0n) is 13.6. The third-order valence-electron chi connectivity index (χ3n) is 4.17. The van der Waals surface area contributed by atoms with Gasteiger partial charge in [0.15, 0.2) is 11.5 Å². The average Bonchev–Trinajstić information content (AvgIpc) is 3.29. The van der Waals surface area contributed by atoms with E-state index in [1.165, 1.54) is 12.8 Å². The molecule has 0 N–H and O–H groups in total. The highest BCUT2D eigenvalue weighted by atomic mass is 15.3. The molecule has 0 spiro atoms. The number of aromatic nitrogens is 6. The molecule has 1 fully saturated rings. The van der Waals surface area contributed by atoms with E-state index in [0.29, 0.717) is 5.82 Å². The summed E-state index contributed by atoms with van der Waals surface area (Å²) < 4.78 is 1.83. The van der Waals surface area contributed by atoms with Crippen LogP contribution in [0.5, 0.6) is 0 Å². The van der Waals surface area contributed by atoms with Crippen molar-refractivity contribution in [1.82, 2.24) is 29.5 Å². The van der Waals surface area contributed by atoms with Crippen LogP contribution in [0, 0.1) is 0 Å². The Kier molecular flexibility index (Phi) is 3.90. The molecule has 3 aromatic heterocycles. The van der Waals surface area contributed by atoms with Gasteiger partial charge < -0.3 is 4.90 Å². The van der Waals surface area contributed by atoms with Gasteiger partial charge in [-0.1, -0.05) is 6.92 Å². The third-order valence-corrected chi connectivity index (χ3v) is 4.17. The average molecular weight is 321 g/mol. The van der Waals surface area contributed by atoms with Crippen molar-refractivity contribution in [3.05, 3.63) is 42.0 Å². The number of hydrogen-bond acceptors (Lipinski definition) is 6. The first-order valence-electron chi connectivity index (χ1n) is 8.28. The number of anilines is 1. The largest absolute Gasteiger partial charge is 0.355 e. The van der Waals surface area contributed by atoms with E-state index in [0.717, 1.165) is 42.4 Å². The van der Waals surface area contributed by atoms with E-state index >= 15 is 0 Å². The van der Waals surface area contributed by atoms with Gasteiger partial charge in [-0.05, 0) is 31.4 Å². The molecule has 0 radical (unpaired) electrons. The molecular weight excluding hydrogens is 302 g/mol. The highest BCUT2D eigenvalue weighted by Crippen LogP contribution is 2.17. The molecule has 7 heteroatoms. The predicted molar refractivity (Wildman–Crippen MR) is 92.6 cm³/mol. The Balaban J connectivity index is 1.59. The Bertz CT molecular complexity index is 878. The molecule has 0 atom stereocenters. The highest BCUT2D eigenvalue weighted by molar-refractivity contribution is 5.65. The van der Waals surface area contributed by atoms with Gasteiger partial charge in [0.05, 0.1) is 30.0 Å². The third kappa shape index (κ3) is 2.84. The van der Waals surface area contributed by atoms with Gasteiger partial charge in [0.25, 0.3) is 0 Å². The normalized spacial score (nSPS) is 15.0. The molecule has 0 bridgehead atoms. The first-order chi connectivity index (χ1) is 11.8. The minimum atomic E-state index is 0.645. The standard InChI is InChI=1S/C17H19N7/c1-2-14-10-19-12-17-21-15(22-24(14)17)6-5-13-9-18-11-16(20-13)23-7-3-4-8-23/h5-6,9-12H,2-4,7-8H2,1H3. The topological polar surface area (TPSA) is 72.1 Å². The van der Waals surface area contributed by atoms with Crippen LogP contribution in [0.1, 0.15) is 37.0 Å². The van der Waals surface area contributed by atoms with Crippen LogP contribution in [0.25, 0.3) is 17.8 Å². The molecule has 0 saturated carbocycles. The fourth-order valence-corrected chi connectivity index (χ4v) is 2.90. The summed E-state index contributed by atoms with van der Waals surface area (Å²) in [5.41, 5.74) is 2.61. The van der Waals surface area contributed by atoms with Crippen molar-refractivity contribution in [2.45, 2.75) is 26.2 Å². The molecule has 0 aliphatic carbocycles. The maximum absolute atomic E-state index is 4.66. The van der Waals surface area contributed by atoms with Crippen molar-refractivity contribution < 1.29 is 0 Å². The lowest BCUT2D eigenvalue weighted by Gasteiger charge is -2.15. The Hall–Kier alpha value is -2.83. The van der Waals surface area contributed by atoms with E-state index < -0.39 is 0 Å². The minimum Gasteiger partial charge on any atom is -0.355 e. The zero-order valence-corrected chi connectivity index (χ0v) is 13.6. The maximum atomic E-state index is 4.66. The van der Waals surface area contributed by atoms with E-state index in [4.69, 9.17) is 0 Å². The van der Waals surface area contributed by atoms with Crippen molar-refractivity contribution in [3.63, 3.8) is 0 Å². The van der Waals surface area contributed by atoms with Gasteiger partial charge in [-0.15, -0.1) is 5.10 Å². The number of hydrogen-bond donors (Lipinski definition) is 0. The summed E-state index contributed by atoms with van der Waals surface area (Å²) in [6.45, 7) is 4.19. The summed E-state index contributed by atoms with van der Waals surface area (Å²) in [5, 5.41) is 4.52. The van der Waals surface area contributed by atoms with Crippen LogP contribution in [0.15, 0.2) is 24.8 Å². The molecule has 1 aliphatic heterocycles. The molecule has 4 heterocycles. The number of fused-ring (bicyclic) bond motifs is 1. The molecular formula is C17H19N7. The second-order valence-electron chi connectivity index (χ2n) is 5.82. The molecule has 0 aromatic carbocycles. The molecule has 0 unspecified atom stereocenters. The molecule has 3 aromatic rings. The predicted octanol–water partition coefficient (Wildman–Crippen LogP) is 2.25. The van der Waals surface area contributed by atoms with Gasteiger partial charge in [0.1, 0.15) is 5.82 Å². The number of nitrogens with zero attached hydrogens (tertiary/aromatic N) is 7. The fourth-order valence-electron chi connectivity index (χ4n) is 2.90. The van der Waals surface area contributed by atoms with E-state index in [-0.39, 0.29) is 0 Å². The fraction of sp³-hybridized carbons (Fsp3) is 0.353. The number of aryl methyl sites for hydroxylation is 1. The lowest BCUT2D eigenvalue weighted by Crippen LogP contribution is -2.19. The van der Waals surface area contributed by atoms with Gasteiger partial charge in [0, 0.05) is 19.3 Å². The first-order valence-corrected chi connectivity index (χ1v) is 8.28. The van der Waals surface area contributed by atoms with Crippen LogP contribution < -0.4 is 4.90 Å². The summed E-state index contributed by atoms with van der Waals surface area (Å²) in [6.07, 6.45) is 14.2. The maximum Gasteiger partial charge on any atom is 0.175 e. The van der Waals surface area contributed by atoms with Crippen LogP contribution in [-0.4, -0.2) is 42.6 Å². The van der Waals surface area contributed by atoms with E-state index in [2.05, 4.69) is 36.9 Å². The molecule has 122 valence electrons. The van der Waals surface area contributed by atoms with Gasteiger partial charge in [0.2, 0.25) is 0 Å². The Labute approximate surface area is 140 Å². The lowest BCUT2D eigenvalue weighted by atomic mass is 10.3. The molecule has 1 aliphatic rings. The number of rotatable bonds is 4. The summed E-state index contributed by atoms with van der Waals surface area (Å²) in [5.74, 6) is 1.58. The SMILES string of the molecule is CCc1cncc2nc(C=Cc3cncc(N4CCCC4)n3)nn12. The van der Waals surface area contributed by atoms with Crippen molar-refractivity contribution in [2.75, 3.05) is 18.0 Å². The van der Waals surface area contributed by atoms with E-state index in [9.17, 15) is 0 Å². The van der Waals surface area contributed by atoms with Crippen LogP contribution in [0.4, 0.5) is 5.82 Å². The van der Waals surface area contributed by atoms with Gasteiger partial charge in [-0.25, -0.2) is 14.5 Å². The molecule has 24 heavy (non-hydrogen) atoms. The highest BCUT2D eigenvalue weighted by Gasteiger charge is 2.13. The van der Waals surface area contributed by atoms with Gasteiger partial charge in [-0.3, -0.25) is 9.97 Å².